The zero-order chi connectivity index (χ0) is 15.2. The molecule has 22 heavy (non-hydrogen) atoms. The summed E-state index contributed by atoms with van der Waals surface area (Å²) < 4.78 is 5.53. The van der Waals surface area contributed by atoms with Crippen LogP contribution in [0.15, 0.2) is 30.3 Å². The van der Waals surface area contributed by atoms with Crippen molar-refractivity contribution in [1.29, 1.82) is 0 Å². The quantitative estimate of drug-likeness (QED) is 0.890. The van der Waals surface area contributed by atoms with Crippen molar-refractivity contribution < 1.29 is 9.53 Å². The minimum atomic E-state index is -0.172. The molecule has 0 spiro atoms. The molecule has 2 aliphatic heterocycles. The second kappa shape index (κ2) is 7.61. The highest BCUT2D eigenvalue weighted by Crippen LogP contribution is 2.23. The van der Waals surface area contributed by atoms with Gasteiger partial charge >= 0.3 is 6.09 Å². The molecule has 3 rings (SSSR count). The Labute approximate surface area is 132 Å². The maximum absolute atomic E-state index is 12.5. The Balaban J connectivity index is 1.58. The highest BCUT2D eigenvalue weighted by molar-refractivity contribution is 5.68. The molecular formula is C17H25N3O2. The van der Waals surface area contributed by atoms with Crippen LogP contribution in [0.1, 0.15) is 18.4 Å². The second-order valence-electron chi connectivity index (χ2n) is 6.09. The number of amides is 1. The number of carbonyl (C=O) groups excluding carboxylic acids is 1. The highest BCUT2D eigenvalue weighted by atomic mass is 16.6. The molecule has 2 aliphatic rings. The summed E-state index contributed by atoms with van der Waals surface area (Å²) in [5.74, 6) is 0.568. The number of hydrogen-bond donors (Lipinski definition) is 2. The molecule has 1 atom stereocenters. The number of piperazine rings is 1. The van der Waals surface area contributed by atoms with Crippen LogP contribution in [0.2, 0.25) is 0 Å². The summed E-state index contributed by atoms with van der Waals surface area (Å²) in [6, 6.07) is 10.1. The minimum absolute atomic E-state index is 0.172. The summed E-state index contributed by atoms with van der Waals surface area (Å²) in [5, 5.41) is 6.81. The monoisotopic (exact) mass is 303 g/mol. The van der Waals surface area contributed by atoms with Crippen LogP contribution in [-0.2, 0) is 11.3 Å². The van der Waals surface area contributed by atoms with Gasteiger partial charge in [0, 0.05) is 19.6 Å². The van der Waals surface area contributed by atoms with Gasteiger partial charge in [0.05, 0.1) is 6.04 Å². The Kier molecular flexibility index (Phi) is 5.29. The van der Waals surface area contributed by atoms with Gasteiger partial charge in [-0.1, -0.05) is 30.3 Å². The molecule has 1 unspecified atom stereocenters. The second-order valence-corrected chi connectivity index (χ2v) is 6.09. The fourth-order valence-corrected chi connectivity index (χ4v) is 3.40. The smallest absolute Gasteiger partial charge is 0.410 e. The first-order valence-corrected chi connectivity index (χ1v) is 8.23. The van der Waals surface area contributed by atoms with E-state index < -0.39 is 0 Å². The van der Waals surface area contributed by atoms with E-state index in [2.05, 4.69) is 10.6 Å². The van der Waals surface area contributed by atoms with Gasteiger partial charge in [-0.25, -0.2) is 4.79 Å². The van der Waals surface area contributed by atoms with Gasteiger partial charge < -0.3 is 20.3 Å². The third-order valence-electron chi connectivity index (χ3n) is 4.65. The van der Waals surface area contributed by atoms with Crippen molar-refractivity contribution >= 4 is 6.09 Å². The number of nitrogens with one attached hydrogen (secondary N) is 2. The van der Waals surface area contributed by atoms with E-state index in [1.165, 1.54) is 0 Å². The molecule has 0 aliphatic carbocycles. The van der Waals surface area contributed by atoms with Crippen LogP contribution in [0.5, 0.6) is 0 Å². The van der Waals surface area contributed by atoms with Gasteiger partial charge in [-0.3, -0.25) is 0 Å². The van der Waals surface area contributed by atoms with E-state index in [9.17, 15) is 4.79 Å². The molecule has 5 nitrogen and oxygen atoms in total. The van der Waals surface area contributed by atoms with Crippen molar-refractivity contribution in [3.05, 3.63) is 35.9 Å². The van der Waals surface area contributed by atoms with Gasteiger partial charge in [-0.2, -0.15) is 0 Å². The lowest BCUT2D eigenvalue weighted by atomic mass is 9.88. The predicted octanol–water partition coefficient (Wildman–Crippen LogP) is 1.60. The average Bonchev–Trinajstić information content (AvgIpc) is 2.61. The molecule has 2 heterocycles. The van der Waals surface area contributed by atoms with Crippen LogP contribution in [0.4, 0.5) is 4.79 Å². The number of rotatable bonds is 3. The van der Waals surface area contributed by atoms with E-state index in [0.29, 0.717) is 12.5 Å². The number of hydrogen-bond acceptors (Lipinski definition) is 4. The summed E-state index contributed by atoms with van der Waals surface area (Å²) in [6.07, 6.45) is 2.10. The number of benzene rings is 1. The SMILES string of the molecule is O=C(OCc1ccccc1)N1CCNCC1C1CCNCC1. The highest BCUT2D eigenvalue weighted by Gasteiger charge is 2.34. The molecule has 1 aromatic rings. The van der Waals surface area contributed by atoms with E-state index in [0.717, 1.165) is 51.1 Å². The van der Waals surface area contributed by atoms with E-state index in [4.69, 9.17) is 4.74 Å². The average molecular weight is 303 g/mol. The molecule has 0 bridgehead atoms. The van der Waals surface area contributed by atoms with Crippen LogP contribution in [0.25, 0.3) is 0 Å². The fraction of sp³-hybridized carbons (Fsp3) is 0.588. The van der Waals surface area contributed by atoms with Gasteiger partial charge in [0.1, 0.15) is 6.61 Å². The van der Waals surface area contributed by atoms with E-state index >= 15 is 0 Å². The third-order valence-corrected chi connectivity index (χ3v) is 4.65. The van der Waals surface area contributed by atoms with Crippen LogP contribution in [0.3, 0.4) is 0 Å². The molecule has 0 saturated carbocycles. The topological polar surface area (TPSA) is 53.6 Å². The zero-order valence-corrected chi connectivity index (χ0v) is 13.0. The van der Waals surface area contributed by atoms with Gasteiger partial charge in [0.25, 0.3) is 0 Å². The van der Waals surface area contributed by atoms with Gasteiger partial charge in [-0.15, -0.1) is 0 Å². The van der Waals surface area contributed by atoms with Crippen molar-refractivity contribution in [3.63, 3.8) is 0 Å². The largest absolute Gasteiger partial charge is 0.445 e. The molecular weight excluding hydrogens is 278 g/mol. The Bertz CT molecular complexity index is 474. The molecule has 1 amide bonds. The fourth-order valence-electron chi connectivity index (χ4n) is 3.40. The Hall–Kier alpha value is -1.59. The summed E-state index contributed by atoms with van der Waals surface area (Å²) >= 11 is 0. The lowest BCUT2D eigenvalue weighted by Gasteiger charge is -2.41. The Morgan fingerprint density at radius 2 is 1.91 bits per heavy atom. The minimum Gasteiger partial charge on any atom is -0.445 e. The van der Waals surface area contributed by atoms with Crippen molar-refractivity contribution in [1.82, 2.24) is 15.5 Å². The summed E-state index contributed by atoms with van der Waals surface area (Å²) in [6.45, 7) is 4.92. The summed E-state index contributed by atoms with van der Waals surface area (Å²) in [4.78, 5) is 14.4. The molecule has 2 fully saturated rings. The van der Waals surface area contributed by atoms with E-state index in [-0.39, 0.29) is 12.1 Å². The normalized spacial score (nSPS) is 23.3. The van der Waals surface area contributed by atoms with Crippen LogP contribution >= 0.6 is 0 Å². The maximum atomic E-state index is 12.5. The molecule has 0 aromatic heterocycles. The van der Waals surface area contributed by atoms with E-state index in [1.54, 1.807) is 0 Å². The first-order valence-electron chi connectivity index (χ1n) is 8.23. The van der Waals surface area contributed by atoms with Crippen LogP contribution in [0, 0.1) is 5.92 Å². The molecule has 120 valence electrons. The first kappa shape index (κ1) is 15.3. The lowest BCUT2D eigenvalue weighted by Crippen LogP contribution is -2.57. The van der Waals surface area contributed by atoms with Gasteiger partial charge in [0.15, 0.2) is 0 Å². The number of piperidine rings is 1. The van der Waals surface area contributed by atoms with Crippen LogP contribution < -0.4 is 10.6 Å². The van der Waals surface area contributed by atoms with Crippen molar-refractivity contribution in [2.45, 2.75) is 25.5 Å². The van der Waals surface area contributed by atoms with Gasteiger partial charge in [0.2, 0.25) is 0 Å². The van der Waals surface area contributed by atoms with Crippen molar-refractivity contribution in [2.75, 3.05) is 32.7 Å². The predicted molar refractivity (Wildman–Crippen MR) is 85.6 cm³/mol. The van der Waals surface area contributed by atoms with Gasteiger partial charge in [-0.05, 0) is 37.4 Å². The molecule has 0 radical (unpaired) electrons. The Morgan fingerprint density at radius 3 is 2.68 bits per heavy atom. The van der Waals surface area contributed by atoms with Crippen molar-refractivity contribution in [3.8, 4) is 0 Å². The van der Waals surface area contributed by atoms with E-state index in [1.807, 2.05) is 35.2 Å². The molecule has 2 saturated heterocycles. The maximum Gasteiger partial charge on any atom is 0.410 e. The van der Waals surface area contributed by atoms with Crippen molar-refractivity contribution in [2.24, 2.45) is 5.92 Å². The number of nitrogens with zero attached hydrogens (tertiary/aromatic N) is 1. The zero-order valence-electron chi connectivity index (χ0n) is 13.0. The molecule has 5 heteroatoms. The lowest BCUT2D eigenvalue weighted by molar-refractivity contribution is 0.0514. The van der Waals surface area contributed by atoms with Crippen LogP contribution in [-0.4, -0.2) is 49.8 Å². The molecule has 1 aromatic carbocycles. The number of ether oxygens (including phenoxy) is 1. The standard InChI is InChI=1S/C17H25N3O2/c21-17(22-13-14-4-2-1-3-5-14)20-11-10-19-12-16(20)15-6-8-18-9-7-15/h1-5,15-16,18-19H,6-13H2. The first-order chi connectivity index (χ1) is 10.8. The molecule has 2 N–H and O–H groups in total. The summed E-state index contributed by atoms with van der Waals surface area (Å²) in [7, 11) is 0. The number of carbonyl (C=O) groups is 1. The Morgan fingerprint density at radius 1 is 1.14 bits per heavy atom. The summed E-state index contributed by atoms with van der Waals surface area (Å²) in [5.41, 5.74) is 1.03. The third kappa shape index (κ3) is 3.78.